The lowest BCUT2D eigenvalue weighted by molar-refractivity contribution is -0.159. The van der Waals surface area contributed by atoms with Crippen LogP contribution in [0.1, 0.15) is 33.1 Å². The summed E-state index contributed by atoms with van der Waals surface area (Å²) in [6.45, 7) is 7.23. The summed E-state index contributed by atoms with van der Waals surface area (Å²) >= 11 is 0. The van der Waals surface area contributed by atoms with Crippen LogP contribution in [-0.4, -0.2) is 18.5 Å². The molecule has 4 nitrogen and oxygen atoms in total. The molecular weight excluding hydrogens is 196 g/mol. The molecule has 0 aliphatic rings. The highest BCUT2D eigenvalue weighted by Gasteiger charge is 2.28. The van der Waals surface area contributed by atoms with Crippen LogP contribution in [0.5, 0.6) is 0 Å². The third-order valence-electron chi connectivity index (χ3n) is 1.90. The second-order valence-corrected chi connectivity index (χ2v) is 3.05. The minimum absolute atomic E-state index is 0.267. The molecule has 0 radical (unpaired) electrons. The van der Waals surface area contributed by atoms with Crippen molar-refractivity contribution in [3.8, 4) is 0 Å². The van der Waals surface area contributed by atoms with Crippen LogP contribution in [-0.2, 0) is 19.1 Å². The van der Waals surface area contributed by atoms with E-state index in [1.54, 1.807) is 6.92 Å². The third kappa shape index (κ3) is 5.20. The molecule has 4 heteroatoms. The van der Waals surface area contributed by atoms with Crippen molar-refractivity contribution in [1.82, 2.24) is 0 Å². The molecule has 86 valence electrons. The van der Waals surface area contributed by atoms with Crippen LogP contribution in [0.3, 0.4) is 0 Å². The van der Waals surface area contributed by atoms with Gasteiger partial charge in [0.2, 0.25) is 0 Å². The zero-order valence-electron chi connectivity index (χ0n) is 9.32. The predicted molar refractivity (Wildman–Crippen MR) is 55.9 cm³/mol. The van der Waals surface area contributed by atoms with E-state index in [1.165, 1.54) is 0 Å². The number of rotatable bonds is 7. The van der Waals surface area contributed by atoms with Crippen LogP contribution in [0.25, 0.3) is 0 Å². The second kappa shape index (κ2) is 8.03. The highest BCUT2D eigenvalue weighted by atomic mass is 16.5. The van der Waals surface area contributed by atoms with Crippen LogP contribution in [0, 0.1) is 5.92 Å². The molecule has 0 aromatic rings. The quantitative estimate of drug-likeness (QED) is 0.369. The molecule has 0 aromatic carbocycles. The smallest absolute Gasteiger partial charge is 0.325 e. The summed E-state index contributed by atoms with van der Waals surface area (Å²) < 4.78 is 9.39. The Morgan fingerprint density at radius 3 is 2.47 bits per heavy atom. The Morgan fingerprint density at radius 2 is 2.00 bits per heavy atom. The zero-order valence-corrected chi connectivity index (χ0v) is 9.32. The number of ether oxygens (including phenoxy) is 2. The van der Waals surface area contributed by atoms with Crippen LogP contribution < -0.4 is 0 Å². The Labute approximate surface area is 90.2 Å². The molecular formula is C11H18O4. The number of hydrogen-bond donors (Lipinski definition) is 0. The number of carbonyl (C=O) groups excluding carboxylic acids is 2. The van der Waals surface area contributed by atoms with Gasteiger partial charge < -0.3 is 9.47 Å². The molecule has 1 atom stereocenters. The van der Waals surface area contributed by atoms with Gasteiger partial charge in [0.15, 0.2) is 5.92 Å². The van der Waals surface area contributed by atoms with Gasteiger partial charge >= 0.3 is 11.9 Å². The highest BCUT2D eigenvalue weighted by molar-refractivity contribution is 5.95. The van der Waals surface area contributed by atoms with Crippen LogP contribution in [0.2, 0.25) is 0 Å². The average molecular weight is 214 g/mol. The number of hydrogen-bond acceptors (Lipinski definition) is 4. The molecule has 1 unspecified atom stereocenters. The Balaban J connectivity index is 4.34. The Morgan fingerprint density at radius 1 is 1.33 bits per heavy atom. The van der Waals surface area contributed by atoms with Gasteiger partial charge in [-0.25, -0.2) is 0 Å². The first-order valence-electron chi connectivity index (χ1n) is 5.15. The molecule has 0 saturated heterocycles. The van der Waals surface area contributed by atoms with Gasteiger partial charge in [-0.2, -0.15) is 0 Å². The molecule has 15 heavy (non-hydrogen) atoms. The molecule has 0 heterocycles. The summed E-state index contributed by atoms with van der Waals surface area (Å²) in [5, 5.41) is 0. The van der Waals surface area contributed by atoms with Crippen LogP contribution in [0.4, 0.5) is 0 Å². The van der Waals surface area contributed by atoms with E-state index in [4.69, 9.17) is 4.74 Å². The lowest BCUT2D eigenvalue weighted by Crippen LogP contribution is -2.27. The third-order valence-corrected chi connectivity index (χ3v) is 1.90. The molecule has 0 N–H and O–H groups in total. The van der Waals surface area contributed by atoms with Crippen molar-refractivity contribution in [2.75, 3.05) is 6.61 Å². The highest BCUT2D eigenvalue weighted by Crippen LogP contribution is 2.13. The minimum atomic E-state index is -0.817. The Bertz CT molecular complexity index is 223. The lowest BCUT2D eigenvalue weighted by atomic mass is 10.0. The van der Waals surface area contributed by atoms with Crippen molar-refractivity contribution in [1.29, 1.82) is 0 Å². The largest absolute Gasteiger partial charge is 0.465 e. The summed E-state index contributed by atoms with van der Waals surface area (Å²) in [4.78, 5) is 22.8. The minimum Gasteiger partial charge on any atom is -0.465 e. The van der Waals surface area contributed by atoms with E-state index in [2.05, 4.69) is 11.3 Å². The molecule has 0 rings (SSSR count). The van der Waals surface area contributed by atoms with E-state index in [0.29, 0.717) is 6.42 Å². The van der Waals surface area contributed by atoms with Crippen molar-refractivity contribution in [2.24, 2.45) is 5.92 Å². The zero-order chi connectivity index (χ0) is 11.7. The molecule has 0 saturated carbocycles. The first-order valence-corrected chi connectivity index (χ1v) is 5.15. The lowest BCUT2D eigenvalue weighted by Gasteiger charge is -2.12. The van der Waals surface area contributed by atoms with Gasteiger partial charge in [0, 0.05) is 0 Å². The van der Waals surface area contributed by atoms with Crippen molar-refractivity contribution in [3.05, 3.63) is 12.8 Å². The first-order chi connectivity index (χ1) is 7.17. The van der Waals surface area contributed by atoms with E-state index >= 15 is 0 Å². The SMILES string of the molecule is C=COC(=O)C(CCCC)C(=O)OCC. The van der Waals surface area contributed by atoms with E-state index < -0.39 is 17.9 Å². The summed E-state index contributed by atoms with van der Waals surface area (Å²) in [5.74, 6) is -1.92. The van der Waals surface area contributed by atoms with Crippen LogP contribution in [0.15, 0.2) is 12.8 Å². The second-order valence-electron chi connectivity index (χ2n) is 3.05. The summed E-state index contributed by atoms with van der Waals surface area (Å²) in [5.41, 5.74) is 0. The fourth-order valence-corrected chi connectivity index (χ4v) is 1.15. The first kappa shape index (κ1) is 13.7. The van der Waals surface area contributed by atoms with Crippen LogP contribution >= 0.6 is 0 Å². The molecule has 0 fully saturated rings. The fraction of sp³-hybridized carbons (Fsp3) is 0.636. The van der Waals surface area contributed by atoms with Gasteiger partial charge in [-0.05, 0) is 13.3 Å². The van der Waals surface area contributed by atoms with Crippen molar-refractivity contribution < 1.29 is 19.1 Å². The molecule has 0 amide bonds. The number of esters is 2. The average Bonchev–Trinajstić information content (AvgIpc) is 2.19. The van der Waals surface area contributed by atoms with E-state index in [1.807, 2.05) is 6.92 Å². The van der Waals surface area contributed by atoms with E-state index in [0.717, 1.165) is 19.1 Å². The molecule has 0 spiro atoms. The molecule has 0 aliphatic carbocycles. The topological polar surface area (TPSA) is 52.6 Å². The maximum Gasteiger partial charge on any atom is 0.325 e. The van der Waals surface area contributed by atoms with E-state index in [9.17, 15) is 9.59 Å². The van der Waals surface area contributed by atoms with Crippen molar-refractivity contribution >= 4 is 11.9 Å². The predicted octanol–water partition coefficient (Wildman–Crippen LogP) is 2.04. The summed E-state index contributed by atoms with van der Waals surface area (Å²) in [6.07, 6.45) is 3.19. The van der Waals surface area contributed by atoms with Gasteiger partial charge in [-0.1, -0.05) is 26.3 Å². The van der Waals surface area contributed by atoms with Crippen molar-refractivity contribution in [2.45, 2.75) is 33.1 Å². The summed E-state index contributed by atoms with van der Waals surface area (Å²) in [7, 11) is 0. The normalized spacial score (nSPS) is 11.6. The van der Waals surface area contributed by atoms with Gasteiger partial charge in [0.25, 0.3) is 0 Å². The van der Waals surface area contributed by atoms with Gasteiger partial charge in [0.05, 0.1) is 12.9 Å². The van der Waals surface area contributed by atoms with Gasteiger partial charge in [0.1, 0.15) is 0 Å². The standard InChI is InChI=1S/C11H18O4/c1-4-7-8-9(10(12)14-5-2)11(13)15-6-3/h5,9H,2,4,6-8H2,1,3H3. The summed E-state index contributed by atoms with van der Waals surface area (Å²) in [6, 6.07) is 0. The fourth-order valence-electron chi connectivity index (χ4n) is 1.15. The number of unbranched alkanes of at least 4 members (excludes halogenated alkanes) is 1. The molecule has 0 aliphatic heterocycles. The van der Waals surface area contributed by atoms with E-state index in [-0.39, 0.29) is 6.61 Å². The molecule has 0 aromatic heterocycles. The maximum absolute atomic E-state index is 11.4. The van der Waals surface area contributed by atoms with Crippen molar-refractivity contribution in [3.63, 3.8) is 0 Å². The monoisotopic (exact) mass is 214 g/mol. The van der Waals surface area contributed by atoms with Gasteiger partial charge in [-0.15, -0.1) is 0 Å². The van der Waals surface area contributed by atoms with Gasteiger partial charge in [-0.3, -0.25) is 9.59 Å². The maximum atomic E-state index is 11.4. The Hall–Kier alpha value is -1.32. The number of carbonyl (C=O) groups is 2. The Kier molecular flexibility index (Phi) is 7.32. The molecule has 0 bridgehead atoms.